The molecule has 4 nitrogen and oxygen atoms in total. The minimum Gasteiger partial charge on any atom is -0.444 e. The van der Waals surface area contributed by atoms with E-state index < -0.39 is 5.60 Å². The van der Waals surface area contributed by atoms with Crippen molar-refractivity contribution in [3.8, 4) is 0 Å². The Balaban J connectivity index is 1.50. The van der Waals surface area contributed by atoms with Gasteiger partial charge in [0.15, 0.2) is 0 Å². The van der Waals surface area contributed by atoms with Crippen LogP contribution in [0.3, 0.4) is 0 Å². The van der Waals surface area contributed by atoms with Gasteiger partial charge in [-0.3, -0.25) is 0 Å². The number of piperidine rings is 1. The molecule has 0 saturated carbocycles. The Kier molecular flexibility index (Phi) is 3.79. The molecule has 0 radical (unpaired) electrons. The van der Waals surface area contributed by atoms with Gasteiger partial charge in [0.05, 0.1) is 0 Å². The van der Waals surface area contributed by atoms with Crippen LogP contribution in [0.25, 0.3) is 0 Å². The van der Waals surface area contributed by atoms with E-state index in [-0.39, 0.29) is 6.09 Å². The lowest BCUT2D eigenvalue weighted by Crippen LogP contribution is -2.62. The average molecular weight is 302 g/mol. The van der Waals surface area contributed by atoms with Crippen molar-refractivity contribution in [1.29, 1.82) is 0 Å². The van der Waals surface area contributed by atoms with Crippen LogP contribution < -0.4 is 4.90 Å². The third-order valence-electron chi connectivity index (χ3n) is 4.65. The van der Waals surface area contributed by atoms with Crippen molar-refractivity contribution in [3.05, 3.63) is 30.3 Å². The number of hydrogen-bond donors (Lipinski definition) is 0. The number of para-hydroxylation sites is 1. The summed E-state index contributed by atoms with van der Waals surface area (Å²) >= 11 is 0. The van der Waals surface area contributed by atoms with Gasteiger partial charge in [-0.25, -0.2) is 4.79 Å². The van der Waals surface area contributed by atoms with E-state index in [1.165, 1.54) is 5.69 Å². The standard InChI is InChI=1S/C18H26N2O2/c1-17(2,3)22-16(21)20-13-18(14-20)9-11-19(12-10-18)15-7-5-4-6-8-15/h4-8H,9-14H2,1-3H3. The molecule has 0 atom stereocenters. The van der Waals surface area contributed by atoms with Gasteiger partial charge in [-0.15, -0.1) is 0 Å². The zero-order chi connectivity index (χ0) is 15.8. The van der Waals surface area contributed by atoms with Crippen molar-refractivity contribution in [1.82, 2.24) is 4.90 Å². The molecule has 1 aromatic carbocycles. The molecule has 1 amide bonds. The van der Waals surface area contributed by atoms with E-state index in [1.807, 2.05) is 25.7 Å². The van der Waals surface area contributed by atoms with Gasteiger partial charge in [0.25, 0.3) is 0 Å². The van der Waals surface area contributed by atoms with Crippen LogP contribution in [0.1, 0.15) is 33.6 Å². The van der Waals surface area contributed by atoms with Gasteiger partial charge in [-0.05, 0) is 45.7 Å². The quantitative estimate of drug-likeness (QED) is 0.795. The summed E-state index contributed by atoms with van der Waals surface area (Å²) in [5, 5.41) is 0. The third-order valence-corrected chi connectivity index (χ3v) is 4.65. The van der Waals surface area contributed by atoms with E-state index in [4.69, 9.17) is 4.74 Å². The summed E-state index contributed by atoms with van der Waals surface area (Å²) in [5.74, 6) is 0. The fourth-order valence-electron chi connectivity index (χ4n) is 3.41. The maximum atomic E-state index is 12.0. The molecule has 2 aliphatic heterocycles. The molecule has 4 heteroatoms. The molecule has 22 heavy (non-hydrogen) atoms. The Morgan fingerprint density at radius 1 is 1.09 bits per heavy atom. The summed E-state index contributed by atoms with van der Waals surface area (Å²) < 4.78 is 5.44. The molecule has 3 rings (SSSR count). The highest BCUT2D eigenvalue weighted by Crippen LogP contribution is 2.41. The van der Waals surface area contributed by atoms with Gasteiger partial charge in [0, 0.05) is 37.3 Å². The number of hydrogen-bond acceptors (Lipinski definition) is 3. The Labute approximate surface area is 133 Å². The summed E-state index contributed by atoms with van der Waals surface area (Å²) in [7, 11) is 0. The maximum absolute atomic E-state index is 12.0. The second kappa shape index (κ2) is 5.49. The molecule has 2 saturated heterocycles. The number of ether oxygens (including phenoxy) is 1. The first-order valence-corrected chi connectivity index (χ1v) is 8.15. The summed E-state index contributed by atoms with van der Waals surface area (Å²) in [6.07, 6.45) is 2.14. The van der Waals surface area contributed by atoms with Crippen molar-refractivity contribution in [2.75, 3.05) is 31.1 Å². The van der Waals surface area contributed by atoms with Crippen molar-refractivity contribution in [2.45, 2.75) is 39.2 Å². The van der Waals surface area contributed by atoms with Crippen molar-refractivity contribution in [3.63, 3.8) is 0 Å². The van der Waals surface area contributed by atoms with E-state index in [0.29, 0.717) is 5.41 Å². The number of likely N-dealkylation sites (tertiary alicyclic amines) is 1. The summed E-state index contributed by atoms with van der Waals surface area (Å²) in [6.45, 7) is 9.60. The molecule has 1 aromatic rings. The molecule has 2 aliphatic rings. The second-order valence-corrected chi connectivity index (χ2v) is 7.66. The highest BCUT2D eigenvalue weighted by Gasteiger charge is 2.47. The lowest BCUT2D eigenvalue weighted by molar-refractivity contribution is -0.0434. The molecular formula is C18H26N2O2. The van der Waals surface area contributed by atoms with Gasteiger partial charge in [0.1, 0.15) is 5.60 Å². The number of rotatable bonds is 1. The Hall–Kier alpha value is -1.71. The van der Waals surface area contributed by atoms with Crippen LogP contribution in [0.2, 0.25) is 0 Å². The maximum Gasteiger partial charge on any atom is 0.410 e. The van der Waals surface area contributed by atoms with Gasteiger partial charge < -0.3 is 14.5 Å². The van der Waals surface area contributed by atoms with Gasteiger partial charge in [0.2, 0.25) is 0 Å². The first kappa shape index (κ1) is 15.2. The van der Waals surface area contributed by atoms with Crippen molar-refractivity contribution >= 4 is 11.8 Å². The molecule has 0 aliphatic carbocycles. The van der Waals surface area contributed by atoms with Crippen LogP contribution in [0.15, 0.2) is 30.3 Å². The van der Waals surface area contributed by atoms with E-state index in [2.05, 4.69) is 35.2 Å². The minimum atomic E-state index is -0.406. The van der Waals surface area contributed by atoms with Crippen LogP contribution in [0, 0.1) is 5.41 Å². The van der Waals surface area contributed by atoms with Gasteiger partial charge in [-0.2, -0.15) is 0 Å². The lowest BCUT2D eigenvalue weighted by Gasteiger charge is -2.54. The average Bonchev–Trinajstić information content (AvgIpc) is 2.44. The number of carbonyl (C=O) groups excluding carboxylic acids is 1. The zero-order valence-electron chi connectivity index (χ0n) is 13.8. The molecule has 0 N–H and O–H groups in total. The molecular weight excluding hydrogens is 276 g/mol. The molecule has 2 fully saturated rings. The van der Waals surface area contributed by atoms with E-state index >= 15 is 0 Å². The number of carbonyl (C=O) groups is 1. The summed E-state index contributed by atoms with van der Waals surface area (Å²) in [4.78, 5) is 16.3. The molecule has 0 aromatic heterocycles. The lowest BCUT2D eigenvalue weighted by atomic mass is 9.72. The molecule has 2 heterocycles. The van der Waals surface area contributed by atoms with Crippen LogP contribution in [0.5, 0.6) is 0 Å². The number of anilines is 1. The van der Waals surface area contributed by atoms with Crippen LogP contribution in [-0.2, 0) is 4.74 Å². The second-order valence-electron chi connectivity index (χ2n) is 7.66. The summed E-state index contributed by atoms with van der Waals surface area (Å²) in [6, 6.07) is 10.6. The highest BCUT2D eigenvalue weighted by molar-refractivity contribution is 5.69. The van der Waals surface area contributed by atoms with Crippen LogP contribution in [-0.4, -0.2) is 42.8 Å². The van der Waals surface area contributed by atoms with Crippen molar-refractivity contribution < 1.29 is 9.53 Å². The topological polar surface area (TPSA) is 32.8 Å². The fraction of sp³-hybridized carbons (Fsp3) is 0.611. The first-order chi connectivity index (χ1) is 10.4. The predicted molar refractivity (Wildman–Crippen MR) is 88.1 cm³/mol. The zero-order valence-corrected chi connectivity index (χ0v) is 13.8. The third kappa shape index (κ3) is 3.21. The van der Waals surface area contributed by atoms with Crippen LogP contribution in [0.4, 0.5) is 10.5 Å². The first-order valence-electron chi connectivity index (χ1n) is 8.15. The van der Waals surface area contributed by atoms with Gasteiger partial charge in [-0.1, -0.05) is 18.2 Å². The van der Waals surface area contributed by atoms with E-state index in [0.717, 1.165) is 39.0 Å². The Bertz CT molecular complexity index is 520. The largest absolute Gasteiger partial charge is 0.444 e. The van der Waals surface area contributed by atoms with E-state index in [9.17, 15) is 4.79 Å². The summed E-state index contributed by atoms with van der Waals surface area (Å²) in [5.41, 5.74) is 1.22. The smallest absolute Gasteiger partial charge is 0.410 e. The predicted octanol–water partition coefficient (Wildman–Crippen LogP) is 3.52. The number of nitrogens with zero attached hydrogens (tertiary/aromatic N) is 2. The molecule has 120 valence electrons. The molecule has 1 spiro atoms. The number of benzene rings is 1. The molecule has 0 bridgehead atoms. The van der Waals surface area contributed by atoms with Crippen LogP contribution >= 0.6 is 0 Å². The Morgan fingerprint density at radius 3 is 2.23 bits per heavy atom. The molecule has 0 unspecified atom stereocenters. The van der Waals surface area contributed by atoms with Crippen molar-refractivity contribution in [2.24, 2.45) is 5.41 Å². The Morgan fingerprint density at radius 2 is 1.68 bits per heavy atom. The normalized spacial score (nSPS) is 20.7. The van der Waals surface area contributed by atoms with E-state index in [1.54, 1.807) is 0 Å². The van der Waals surface area contributed by atoms with Gasteiger partial charge >= 0.3 is 6.09 Å². The minimum absolute atomic E-state index is 0.163. The monoisotopic (exact) mass is 302 g/mol. The fourth-order valence-corrected chi connectivity index (χ4v) is 3.41. The SMILES string of the molecule is CC(C)(C)OC(=O)N1CC2(CCN(c3ccccc3)CC2)C1. The number of amides is 1. The highest BCUT2D eigenvalue weighted by atomic mass is 16.6.